The van der Waals surface area contributed by atoms with Gasteiger partial charge in [0.05, 0.1) is 23.3 Å². The van der Waals surface area contributed by atoms with Crippen LogP contribution in [-0.2, 0) is 25.0 Å². The molecule has 0 unspecified atom stereocenters. The first kappa shape index (κ1) is 49.2. The van der Waals surface area contributed by atoms with Gasteiger partial charge in [-0.15, -0.1) is 17.5 Å². The summed E-state index contributed by atoms with van der Waals surface area (Å²) in [4.78, 5) is 34.5. The molecule has 5 aromatic rings. The molecule has 1 aromatic heterocycles. The third-order valence-electron chi connectivity index (χ3n) is 9.70. The van der Waals surface area contributed by atoms with Crippen molar-refractivity contribution >= 4 is 96.2 Å². The van der Waals surface area contributed by atoms with Crippen LogP contribution in [0.1, 0.15) is 0 Å². The number of nitrogens with one attached hydrogen (secondary N) is 1. The molecule has 0 saturated carbocycles. The van der Waals surface area contributed by atoms with Crippen LogP contribution >= 0.6 is 12.4 Å². The summed E-state index contributed by atoms with van der Waals surface area (Å²) in [5.74, 6) is 1.13. The van der Waals surface area contributed by atoms with Gasteiger partial charge in [-0.2, -0.15) is 47.1 Å². The summed E-state index contributed by atoms with van der Waals surface area (Å²) in [7, 11) is -8.56. The fourth-order valence-corrected chi connectivity index (χ4v) is 7.36. The molecule has 0 spiro atoms. The van der Waals surface area contributed by atoms with Crippen LogP contribution in [0.15, 0.2) is 104 Å². The van der Waals surface area contributed by atoms with E-state index in [4.69, 9.17) is 35.7 Å². The normalized spacial score (nSPS) is 15.2. The van der Waals surface area contributed by atoms with Crippen molar-refractivity contribution in [1.29, 1.82) is 0 Å². The third kappa shape index (κ3) is 14.1. The lowest BCUT2D eigenvalue weighted by Gasteiger charge is -2.36. The number of hydrogen-bond acceptors (Lipinski definition) is 20. The van der Waals surface area contributed by atoms with E-state index in [1.54, 1.807) is 42.5 Å². The highest BCUT2D eigenvalue weighted by Crippen LogP contribution is 2.43. The summed E-state index contributed by atoms with van der Waals surface area (Å²) >= 11 is 0. The third-order valence-corrected chi connectivity index (χ3v) is 10.6. The van der Waals surface area contributed by atoms with Crippen LogP contribution in [0, 0.1) is 0 Å². The lowest BCUT2D eigenvalue weighted by atomic mass is 10.1. The zero-order valence-corrected chi connectivity index (χ0v) is 37.2. The van der Waals surface area contributed by atoms with Gasteiger partial charge in [0, 0.05) is 89.6 Å². The standard InChI is InChI=1S/C38H44N14O5S.CH4O3S.ClH/c39-12-14-49-16-20-51(21-17-49)37-42-36(43-38(44-37)52-22-18-50(15-13-40)19-23-52)41-31-10-11-32-27(24-31)25-33(58(54,55)56)34(35(32)57-26-53)48-47-30-8-6-29(7-9-30)46-45-28-4-2-1-3-5-28;1-5(2,3)4;/h1-11,24-26H,12-23,39-40H2,(H,54,55,56)(H,41,42,43,44);1H3,(H,2,3,4);1H. The van der Waals surface area contributed by atoms with Crippen LogP contribution in [0.2, 0.25) is 0 Å². The Labute approximate surface area is 376 Å². The van der Waals surface area contributed by atoms with E-state index in [1.165, 1.54) is 6.07 Å². The second-order valence-corrected chi connectivity index (χ2v) is 17.1. The number of carbonyl (C=O) groups excluding carboxylic acids is 1. The van der Waals surface area contributed by atoms with Crippen molar-refractivity contribution in [2.45, 2.75) is 4.90 Å². The summed E-state index contributed by atoms with van der Waals surface area (Å²) < 4.78 is 67.1. The first-order chi connectivity index (χ1) is 30.2. The second-order valence-electron chi connectivity index (χ2n) is 14.3. The zero-order valence-electron chi connectivity index (χ0n) is 34.7. The predicted molar refractivity (Wildman–Crippen MR) is 245 cm³/mol. The molecule has 342 valence electrons. The quantitative estimate of drug-likeness (QED) is 0.0549. The lowest BCUT2D eigenvalue weighted by Crippen LogP contribution is -2.49. The van der Waals surface area contributed by atoms with Gasteiger partial charge >= 0.3 is 0 Å². The number of nitrogens with zero attached hydrogens (tertiary/aromatic N) is 11. The maximum absolute atomic E-state index is 12.8. The molecule has 0 atom stereocenters. The number of piperazine rings is 2. The fraction of sp³-hybridized carbons (Fsp3) is 0.333. The molecule has 2 fully saturated rings. The average Bonchev–Trinajstić information content (AvgIpc) is 3.25. The Balaban J connectivity index is 0.00000122. The highest BCUT2D eigenvalue weighted by Gasteiger charge is 2.26. The molecular formula is C39H49ClN14O8S2. The zero-order chi connectivity index (χ0) is 45.0. The number of anilines is 4. The van der Waals surface area contributed by atoms with E-state index in [-0.39, 0.29) is 36.3 Å². The summed E-state index contributed by atoms with van der Waals surface area (Å²) in [5, 5.41) is 20.6. The van der Waals surface area contributed by atoms with Crippen molar-refractivity contribution in [3.63, 3.8) is 0 Å². The molecule has 0 bridgehead atoms. The maximum Gasteiger partial charge on any atom is 0.298 e. The minimum atomic E-state index is -4.90. The van der Waals surface area contributed by atoms with Crippen molar-refractivity contribution in [3.8, 4) is 5.75 Å². The molecule has 3 heterocycles. The Kier molecular flexibility index (Phi) is 17.4. The summed E-state index contributed by atoms with van der Waals surface area (Å²) in [5.41, 5.74) is 13.3. The van der Waals surface area contributed by atoms with Gasteiger partial charge in [0.1, 0.15) is 4.90 Å². The van der Waals surface area contributed by atoms with Gasteiger partial charge < -0.3 is 31.3 Å². The van der Waals surface area contributed by atoms with Gasteiger partial charge in [0.2, 0.25) is 17.8 Å². The van der Waals surface area contributed by atoms with Crippen molar-refractivity contribution in [2.24, 2.45) is 31.9 Å². The van der Waals surface area contributed by atoms with Gasteiger partial charge in [0.15, 0.2) is 11.4 Å². The van der Waals surface area contributed by atoms with Crippen LogP contribution in [0.5, 0.6) is 5.75 Å². The van der Waals surface area contributed by atoms with Crippen LogP contribution < -0.4 is 31.3 Å². The number of rotatable bonds is 15. The van der Waals surface area contributed by atoms with E-state index in [2.05, 4.69) is 45.4 Å². The molecule has 22 nitrogen and oxygen atoms in total. The predicted octanol–water partition coefficient (Wildman–Crippen LogP) is 4.47. The topological polar surface area (TPSA) is 300 Å². The molecule has 64 heavy (non-hydrogen) atoms. The first-order valence-electron chi connectivity index (χ1n) is 19.7. The molecule has 25 heteroatoms. The molecule has 2 aliphatic heterocycles. The van der Waals surface area contributed by atoms with Gasteiger partial charge in [-0.3, -0.25) is 23.7 Å². The number of carbonyl (C=O) groups is 1. The number of azo groups is 2. The van der Waals surface area contributed by atoms with Gasteiger partial charge in [-0.1, -0.05) is 18.2 Å². The molecular weight excluding hydrogens is 892 g/mol. The van der Waals surface area contributed by atoms with E-state index >= 15 is 0 Å². The Morgan fingerprint density at radius 2 is 1.19 bits per heavy atom. The van der Waals surface area contributed by atoms with E-state index in [9.17, 15) is 26.2 Å². The van der Waals surface area contributed by atoms with Crippen molar-refractivity contribution < 1.29 is 35.5 Å². The van der Waals surface area contributed by atoms with Gasteiger partial charge in [-0.05, 0) is 66.0 Å². The molecule has 2 saturated heterocycles. The molecule has 0 aliphatic carbocycles. The summed E-state index contributed by atoms with van der Waals surface area (Å²) in [6.45, 7) is 9.11. The monoisotopic (exact) mass is 940 g/mol. The largest absolute Gasteiger partial charge is 0.426 e. The van der Waals surface area contributed by atoms with Crippen molar-refractivity contribution in [2.75, 3.05) is 99.9 Å². The Morgan fingerprint density at radius 1 is 0.703 bits per heavy atom. The molecule has 0 amide bonds. The molecule has 7 N–H and O–H groups in total. The van der Waals surface area contributed by atoms with E-state index < -0.39 is 25.1 Å². The van der Waals surface area contributed by atoms with Crippen molar-refractivity contribution in [3.05, 3.63) is 78.9 Å². The van der Waals surface area contributed by atoms with Crippen LogP contribution in [0.4, 0.5) is 46.3 Å². The number of aromatic nitrogens is 3. The van der Waals surface area contributed by atoms with E-state index in [0.717, 1.165) is 39.3 Å². The Bertz CT molecular complexity index is 2580. The molecule has 2 aliphatic rings. The smallest absolute Gasteiger partial charge is 0.298 e. The van der Waals surface area contributed by atoms with Gasteiger partial charge in [-0.25, -0.2) is 0 Å². The lowest BCUT2D eigenvalue weighted by molar-refractivity contribution is -0.120. The fourth-order valence-electron chi connectivity index (χ4n) is 6.71. The first-order valence-corrected chi connectivity index (χ1v) is 23.0. The number of halogens is 1. The Hall–Kier alpha value is -5.83. The molecule has 4 aromatic carbocycles. The number of hydrogen-bond donors (Lipinski definition) is 5. The highest BCUT2D eigenvalue weighted by atomic mass is 35.5. The van der Waals surface area contributed by atoms with Crippen molar-refractivity contribution in [1.82, 2.24) is 24.8 Å². The second kappa shape index (κ2) is 22.7. The van der Waals surface area contributed by atoms with Gasteiger partial charge in [0.25, 0.3) is 26.7 Å². The highest BCUT2D eigenvalue weighted by molar-refractivity contribution is 7.86. The van der Waals surface area contributed by atoms with Crippen LogP contribution in [0.25, 0.3) is 10.8 Å². The van der Waals surface area contributed by atoms with E-state index in [0.29, 0.717) is 90.9 Å². The SMILES string of the molecule is CS(=O)(=O)O.Cl.NCCN1CCN(c2nc(Nc3ccc4c(OC=O)c(N=Nc5ccc(N=Nc6ccccc6)cc5)c(S(=O)(=O)O)cc4c3)nc(N3CCN(CCN)CC3)n2)CC1. The minimum absolute atomic E-state index is 0. The van der Waals surface area contributed by atoms with E-state index in [1.807, 2.05) is 30.3 Å². The number of nitrogens with two attached hydrogens (primary N) is 2. The average molecular weight is 941 g/mol. The summed E-state index contributed by atoms with van der Waals surface area (Å²) in [6, 6.07) is 22.0. The van der Waals surface area contributed by atoms with Crippen LogP contribution in [-0.4, -0.2) is 142 Å². The van der Waals surface area contributed by atoms with Crippen LogP contribution in [0.3, 0.4) is 0 Å². The minimum Gasteiger partial charge on any atom is -0.426 e. The summed E-state index contributed by atoms with van der Waals surface area (Å²) in [6.07, 6.45) is 0.715. The molecule has 7 rings (SSSR count). The number of benzene rings is 4. The maximum atomic E-state index is 12.8. The number of ether oxygens (including phenoxy) is 1. The Morgan fingerprint density at radius 3 is 1.66 bits per heavy atom. The molecule has 0 radical (unpaired) electrons. The number of fused-ring (bicyclic) bond motifs is 1.